The van der Waals surface area contributed by atoms with E-state index >= 15 is 0 Å². The first-order valence-corrected chi connectivity index (χ1v) is 13.9. The van der Waals surface area contributed by atoms with Crippen LogP contribution in [0.5, 0.6) is 0 Å². The minimum Gasteiger partial charge on any atom is -0.396 e. The third-order valence-electron chi connectivity index (χ3n) is 8.37. The molecule has 0 radical (unpaired) electrons. The molecule has 202 valence electrons. The Kier molecular flexibility index (Phi) is 5.73. The number of carbonyl (C=O) groups is 1. The summed E-state index contributed by atoms with van der Waals surface area (Å²) in [5.74, 6) is -0.152. The molecule has 2 aliphatic heterocycles. The molecule has 10 nitrogen and oxygen atoms in total. The predicted octanol–water partition coefficient (Wildman–Crippen LogP) is 2.71. The highest BCUT2D eigenvalue weighted by Crippen LogP contribution is 2.47. The van der Waals surface area contributed by atoms with Crippen molar-refractivity contribution in [3.63, 3.8) is 0 Å². The van der Waals surface area contributed by atoms with E-state index in [1.807, 2.05) is 40.7 Å². The van der Waals surface area contributed by atoms with Crippen LogP contribution in [0.15, 0.2) is 18.3 Å². The highest BCUT2D eigenvalue weighted by Gasteiger charge is 2.62. The van der Waals surface area contributed by atoms with Gasteiger partial charge in [-0.15, -0.1) is 11.3 Å². The summed E-state index contributed by atoms with van der Waals surface area (Å²) in [6, 6.07) is 3.87. The lowest BCUT2D eigenvalue weighted by Crippen LogP contribution is -2.49. The number of nitrogens with two attached hydrogens (primary N) is 2. The number of aryl methyl sites for hydroxylation is 2. The van der Waals surface area contributed by atoms with Crippen LogP contribution in [0.2, 0.25) is 0 Å². The minimum absolute atomic E-state index is 0.00291. The van der Waals surface area contributed by atoms with Crippen molar-refractivity contribution in [1.29, 1.82) is 0 Å². The number of anilines is 2. The van der Waals surface area contributed by atoms with Crippen LogP contribution in [0.3, 0.4) is 0 Å². The molecule has 0 aromatic carbocycles. The van der Waals surface area contributed by atoms with Gasteiger partial charge in [-0.3, -0.25) is 4.79 Å². The van der Waals surface area contributed by atoms with Gasteiger partial charge in [-0.05, 0) is 65.5 Å². The van der Waals surface area contributed by atoms with Crippen molar-refractivity contribution in [1.82, 2.24) is 20.3 Å². The monoisotopic (exact) mass is 537 g/mol. The molecule has 1 aliphatic carbocycles. The van der Waals surface area contributed by atoms with E-state index in [1.165, 1.54) is 11.3 Å². The van der Waals surface area contributed by atoms with Gasteiger partial charge in [0.15, 0.2) is 0 Å². The average Bonchev–Trinajstić information content (AvgIpc) is 3.40. The summed E-state index contributed by atoms with van der Waals surface area (Å²) in [6.45, 7) is 11.2. The van der Waals surface area contributed by atoms with E-state index in [2.05, 4.69) is 26.3 Å². The van der Waals surface area contributed by atoms with Crippen LogP contribution in [0.25, 0.3) is 10.3 Å². The number of nitrogens with zero attached hydrogens (tertiary/aromatic N) is 4. The van der Waals surface area contributed by atoms with E-state index in [9.17, 15) is 4.79 Å². The maximum atomic E-state index is 13.1. The average molecular weight is 538 g/mol. The van der Waals surface area contributed by atoms with Crippen LogP contribution in [-0.4, -0.2) is 63.0 Å². The van der Waals surface area contributed by atoms with Gasteiger partial charge in [0.05, 0.1) is 35.2 Å². The van der Waals surface area contributed by atoms with Crippen molar-refractivity contribution >= 4 is 39.1 Å². The van der Waals surface area contributed by atoms with Crippen LogP contribution in [0.4, 0.5) is 11.5 Å². The molecule has 2 atom stereocenters. The van der Waals surface area contributed by atoms with Crippen LogP contribution in [0.1, 0.15) is 60.7 Å². The molecular weight excluding hydrogens is 502 g/mol. The fraction of sp³-hybridized carbons (Fsp3) is 0.556. The molecule has 38 heavy (non-hydrogen) atoms. The molecule has 2 fully saturated rings. The van der Waals surface area contributed by atoms with Gasteiger partial charge in [-0.25, -0.2) is 15.0 Å². The maximum absolute atomic E-state index is 13.1. The van der Waals surface area contributed by atoms with Gasteiger partial charge < -0.3 is 31.2 Å². The van der Waals surface area contributed by atoms with Gasteiger partial charge in [-0.2, -0.15) is 0 Å². The van der Waals surface area contributed by atoms with Crippen LogP contribution in [-0.2, 0) is 22.3 Å². The fourth-order valence-electron chi connectivity index (χ4n) is 5.63. The first kappa shape index (κ1) is 25.4. The van der Waals surface area contributed by atoms with Gasteiger partial charge in [0.1, 0.15) is 21.0 Å². The number of nitrogen functional groups attached to an aromatic ring is 1. The molecule has 11 heteroatoms. The highest BCUT2D eigenvalue weighted by atomic mass is 32.1. The molecule has 1 spiro atoms. The lowest BCUT2D eigenvalue weighted by Gasteiger charge is -2.30. The lowest BCUT2D eigenvalue weighted by molar-refractivity contribution is -0.183. The molecule has 5 heterocycles. The van der Waals surface area contributed by atoms with Gasteiger partial charge in [0.25, 0.3) is 5.91 Å². The van der Waals surface area contributed by atoms with Crippen molar-refractivity contribution in [2.75, 3.05) is 23.7 Å². The van der Waals surface area contributed by atoms with Gasteiger partial charge >= 0.3 is 0 Å². The second-order valence-corrected chi connectivity index (χ2v) is 12.7. The summed E-state index contributed by atoms with van der Waals surface area (Å²) in [5.41, 5.74) is 15.9. The van der Waals surface area contributed by atoms with E-state index in [1.54, 1.807) is 6.20 Å². The number of pyridine rings is 1. The number of amides is 1. The van der Waals surface area contributed by atoms with Crippen LogP contribution in [0, 0.1) is 6.92 Å². The Balaban J connectivity index is 1.14. The Hall–Kier alpha value is -2.86. The number of ether oxygens (including phenoxy) is 2. The molecule has 3 aromatic rings. The van der Waals surface area contributed by atoms with E-state index in [4.69, 9.17) is 25.9 Å². The van der Waals surface area contributed by atoms with E-state index in [-0.39, 0.29) is 18.0 Å². The Labute approximate surface area is 226 Å². The molecule has 3 aliphatic rings. The number of carbonyl (C=O) groups excluding carboxylic acids is 1. The van der Waals surface area contributed by atoms with Crippen LogP contribution < -0.4 is 21.7 Å². The van der Waals surface area contributed by atoms with E-state index in [0.717, 1.165) is 35.6 Å². The Morgan fingerprint density at radius 1 is 1.18 bits per heavy atom. The molecule has 0 saturated carbocycles. The zero-order chi connectivity index (χ0) is 27.0. The second-order valence-electron chi connectivity index (χ2n) is 11.7. The SMILES string of the molecule is Cc1cnc2c(N)c(C(=O)NC3CCc4nc(N5CC(N)C6(C5)OC(C)(C)C(C)(C)O6)ccc4C3)sc2n1. The van der Waals surface area contributed by atoms with Crippen molar-refractivity contribution in [2.45, 2.75) is 83.0 Å². The number of rotatable bonds is 3. The number of hydrogen-bond donors (Lipinski definition) is 3. The predicted molar refractivity (Wildman–Crippen MR) is 147 cm³/mol. The molecule has 0 bridgehead atoms. The molecular formula is C27H35N7O3S. The Morgan fingerprint density at radius 3 is 2.66 bits per heavy atom. The van der Waals surface area contributed by atoms with Gasteiger partial charge in [0, 0.05) is 24.5 Å². The number of fused-ring (bicyclic) bond motifs is 2. The zero-order valence-corrected chi connectivity index (χ0v) is 23.3. The summed E-state index contributed by atoms with van der Waals surface area (Å²) in [7, 11) is 0. The largest absolute Gasteiger partial charge is 0.396 e. The first-order valence-electron chi connectivity index (χ1n) is 13.1. The van der Waals surface area contributed by atoms with Crippen molar-refractivity contribution < 1.29 is 14.3 Å². The topological polar surface area (TPSA) is 142 Å². The first-order chi connectivity index (χ1) is 17.9. The van der Waals surface area contributed by atoms with Gasteiger partial charge in [-0.1, -0.05) is 6.07 Å². The second kappa shape index (κ2) is 8.57. The molecule has 1 amide bonds. The summed E-state index contributed by atoms with van der Waals surface area (Å²) in [4.78, 5) is 30.2. The summed E-state index contributed by atoms with van der Waals surface area (Å²) in [6.07, 6.45) is 3.95. The zero-order valence-electron chi connectivity index (χ0n) is 22.5. The number of thiophene rings is 1. The molecule has 6 rings (SSSR count). The fourth-order valence-corrected chi connectivity index (χ4v) is 6.63. The number of nitrogens with one attached hydrogen (secondary N) is 1. The van der Waals surface area contributed by atoms with Crippen molar-refractivity contribution in [3.05, 3.63) is 40.2 Å². The normalized spacial score (nSPS) is 25.2. The Morgan fingerprint density at radius 2 is 1.92 bits per heavy atom. The minimum atomic E-state index is -0.849. The quantitative estimate of drug-likeness (QED) is 0.460. The van der Waals surface area contributed by atoms with Crippen LogP contribution >= 0.6 is 11.3 Å². The number of hydrogen-bond acceptors (Lipinski definition) is 10. The third-order valence-corrected chi connectivity index (χ3v) is 9.46. The van der Waals surface area contributed by atoms with E-state index < -0.39 is 17.0 Å². The smallest absolute Gasteiger partial charge is 0.263 e. The highest BCUT2D eigenvalue weighted by molar-refractivity contribution is 7.21. The summed E-state index contributed by atoms with van der Waals surface area (Å²) >= 11 is 1.28. The number of aromatic nitrogens is 3. The molecule has 2 saturated heterocycles. The molecule has 2 unspecified atom stereocenters. The summed E-state index contributed by atoms with van der Waals surface area (Å²) < 4.78 is 12.9. The van der Waals surface area contributed by atoms with E-state index in [0.29, 0.717) is 40.4 Å². The molecule has 5 N–H and O–H groups in total. The lowest BCUT2D eigenvalue weighted by atomic mass is 9.90. The maximum Gasteiger partial charge on any atom is 0.263 e. The molecule has 3 aromatic heterocycles. The standard InChI is InChI=1S/C27H35N7O3S/c1-14-11-30-21-20(29)22(38-24(21)31-14)23(35)32-16-7-8-17-15(10-16)6-9-19(33-17)34-12-18(28)27(13-34)36-25(2,3)26(4,5)37-27/h6,9,11,16,18H,7-8,10,12-13,28-29H2,1-5H3,(H,32,35). The summed E-state index contributed by atoms with van der Waals surface area (Å²) in [5, 5.41) is 3.16. The third kappa shape index (κ3) is 4.03. The van der Waals surface area contributed by atoms with Crippen molar-refractivity contribution in [3.8, 4) is 0 Å². The van der Waals surface area contributed by atoms with Crippen molar-refractivity contribution in [2.24, 2.45) is 5.73 Å². The van der Waals surface area contributed by atoms with Gasteiger partial charge in [0.2, 0.25) is 5.79 Å². The Bertz CT molecular complexity index is 1420.